The maximum Gasteiger partial charge on any atom is 0.217 e. The van der Waals surface area contributed by atoms with Gasteiger partial charge in [-0.2, -0.15) is 0 Å². The number of carbonyl (C=O) groups excluding carboxylic acids is 1. The summed E-state index contributed by atoms with van der Waals surface area (Å²) in [4.78, 5) is 13.5. The molecule has 1 aromatic rings. The Hall–Kier alpha value is -1.26. The summed E-state index contributed by atoms with van der Waals surface area (Å²) < 4.78 is 0. The minimum Gasteiger partial charge on any atom is -0.369 e. The minimum absolute atomic E-state index is 0.0443. The van der Waals surface area contributed by atoms with E-state index in [-0.39, 0.29) is 11.9 Å². The van der Waals surface area contributed by atoms with Crippen molar-refractivity contribution in [1.29, 1.82) is 0 Å². The Morgan fingerprint density at radius 1 is 1.48 bits per heavy atom. The topological polar surface area (TPSA) is 44.4 Å². The molecule has 1 aliphatic heterocycles. The molecule has 0 saturated carbocycles. The van der Waals surface area contributed by atoms with Gasteiger partial charge in [0, 0.05) is 43.3 Å². The van der Waals surface area contributed by atoms with E-state index in [0.717, 1.165) is 44.0 Å². The number of nitrogens with one attached hydrogen (secondary N) is 2. The highest BCUT2D eigenvalue weighted by molar-refractivity contribution is 6.30. The first-order valence-corrected chi connectivity index (χ1v) is 7.99. The van der Waals surface area contributed by atoms with E-state index >= 15 is 0 Å². The van der Waals surface area contributed by atoms with Crippen molar-refractivity contribution >= 4 is 23.2 Å². The molecule has 1 amide bonds. The molecule has 1 heterocycles. The Labute approximate surface area is 131 Å². The molecule has 0 bridgehead atoms. The smallest absolute Gasteiger partial charge is 0.217 e. The van der Waals surface area contributed by atoms with Crippen LogP contribution in [-0.4, -0.2) is 31.6 Å². The number of hydrogen-bond donors (Lipinski definition) is 2. The molecule has 21 heavy (non-hydrogen) atoms. The third-order valence-corrected chi connectivity index (χ3v) is 3.96. The molecule has 0 spiro atoms. The predicted octanol–water partition coefficient (Wildman–Crippen LogP) is 2.55. The van der Waals surface area contributed by atoms with Gasteiger partial charge in [0.2, 0.25) is 5.91 Å². The van der Waals surface area contributed by atoms with Crippen LogP contribution in [0.4, 0.5) is 5.69 Å². The lowest BCUT2D eigenvalue weighted by molar-refractivity contribution is -0.119. The monoisotopic (exact) mass is 309 g/mol. The Bertz CT molecular complexity index is 492. The highest BCUT2D eigenvalue weighted by Crippen LogP contribution is 2.27. The summed E-state index contributed by atoms with van der Waals surface area (Å²) in [6, 6.07) is 6.30. The van der Waals surface area contributed by atoms with Crippen molar-refractivity contribution in [2.75, 3.05) is 24.5 Å². The Morgan fingerprint density at radius 2 is 2.29 bits per heavy atom. The summed E-state index contributed by atoms with van der Waals surface area (Å²) in [5.41, 5.74) is 2.44. The van der Waals surface area contributed by atoms with Crippen molar-refractivity contribution in [2.24, 2.45) is 0 Å². The number of halogens is 1. The molecule has 0 radical (unpaired) electrons. The summed E-state index contributed by atoms with van der Waals surface area (Å²) in [5.74, 6) is 0.0443. The molecule has 1 unspecified atom stereocenters. The lowest BCUT2D eigenvalue weighted by Gasteiger charge is -2.23. The molecule has 1 saturated heterocycles. The number of benzene rings is 1. The molecule has 1 aliphatic rings. The van der Waals surface area contributed by atoms with Gasteiger partial charge in [0.1, 0.15) is 0 Å². The van der Waals surface area contributed by atoms with E-state index in [1.54, 1.807) is 6.92 Å². The zero-order valence-electron chi connectivity index (χ0n) is 12.8. The summed E-state index contributed by atoms with van der Waals surface area (Å²) in [6.45, 7) is 7.39. The van der Waals surface area contributed by atoms with Crippen LogP contribution in [0.25, 0.3) is 0 Å². The van der Waals surface area contributed by atoms with Crippen molar-refractivity contribution in [1.82, 2.24) is 10.6 Å². The van der Waals surface area contributed by atoms with Gasteiger partial charge in [0.25, 0.3) is 0 Å². The second-order valence-electron chi connectivity index (χ2n) is 5.58. The van der Waals surface area contributed by atoms with Crippen molar-refractivity contribution in [3.63, 3.8) is 0 Å². The number of carbonyl (C=O) groups is 1. The summed E-state index contributed by atoms with van der Waals surface area (Å²) in [6.07, 6.45) is 2.11. The highest BCUT2D eigenvalue weighted by atomic mass is 35.5. The molecule has 1 fully saturated rings. The fourth-order valence-electron chi connectivity index (χ4n) is 2.79. The van der Waals surface area contributed by atoms with Crippen molar-refractivity contribution in [3.05, 3.63) is 28.8 Å². The first-order valence-electron chi connectivity index (χ1n) is 7.61. The standard InChI is InChI=1S/C16H24ClN3O/c1-3-7-18-10-13-9-14(17)4-5-16(13)20-8-6-15(11-20)19-12(2)21/h4-5,9,15,18H,3,6-8,10-11H2,1-2H3,(H,19,21). The van der Waals surface area contributed by atoms with Gasteiger partial charge in [0.15, 0.2) is 0 Å². The fourth-order valence-corrected chi connectivity index (χ4v) is 2.98. The molecule has 5 heteroatoms. The van der Waals surface area contributed by atoms with Crippen LogP contribution in [0.1, 0.15) is 32.3 Å². The zero-order valence-corrected chi connectivity index (χ0v) is 13.5. The quantitative estimate of drug-likeness (QED) is 0.794. The van der Waals surface area contributed by atoms with Gasteiger partial charge in [-0.3, -0.25) is 4.79 Å². The average molecular weight is 310 g/mol. The van der Waals surface area contributed by atoms with E-state index < -0.39 is 0 Å². The van der Waals surface area contributed by atoms with Crippen molar-refractivity contribution < 1.29 is 4.79 Å². The zero-order chi connectivity index (χ0) is 15.2. The minimum atomic E-state index is 0.0443. The summed E-state index contributed by atoms with van der Waals surface area (Å²) in [7, 11) is 0. The van der Waals surface area contributed by atoms with Gasteiger partial charge in [-0.1, -0.05) is 18.5 Å². The lowest BCUT2D eigenvalue weighted by Crippen LogP contribution is -2.35. The molecule has 0 aliphatic carbocycles. The second-order valence-corrected chi connectivity index (χ2v) is 6.02. The van der Waals surface area contributed by atoms with Crippen molar-refractivity contribution in [2.45, 2.75) is 39.3 Å². The van der Waals surface area contributed by atoms with E-state index in [9.17, 15) is 4.79 Å². The molecular weight excluding hydrogens is 286 g/mol. The van der Waals surface area contributed by atoms with Crippen LogP contribution >= 0.6 is 11.6 Å². The van der Waals surface area contributed by atoms with Gasteiger partial charge in [-0.25, -0.2) is 0 Å². The normalized spacial score (nSPS) is 18.0. The van der Waals surface area contributed by atoms with E-state index in [1.165, 1.54) is 11.3 Å². The van der Waals surface area contributed by atoms with Gasteiger partial charge >= 0.3 is 0 Å². The summed E-state index contributed by atoms with van der Waals surface area (Å²) >= 11 is 6.13. The third kappa shape index (κ3) is 4.61. The maximum absolute atomic E-state index is 11.2. The molecule has 116 valence electrons. The Kier molecular flexibility index (Phi) is 5.88. The lowest BCUT2D eigenvalue weighted by atomic mass is 10.1. The third-order valence-electron chi connectivity index (χ3n) is 3.72. The molecule has 2 rings (SSSR count). The fraction of sp³-hybridized carbons (Fsp3) is 0.562. The molecule has 1 atom stereocenters. The Morgan fingerprint density at radius 3 is 3.00 bits per heavy atom. The summed E-state index contributed by atoms with van der Waals surface area (Å²) in [5, 5.41) is 7.20. The first kappa shape index (κ1) is 16.1. The van der Waals surface area contributed by atoms with E-state index in [2.05, 4.69) is 28.5 Å². The number of amides is 1. The first-order chi connectivity index (χ1) is 10.1. The van der Waals surface area contributed by atoms with Crippen LogP contribution in [0.2, 0.25) is 5.02 Å². The molecule has 2 N–H and O–H groups in total. The number of anilines is 1. The largest absolute Gasteiger partial charge is 0.369 e. The molecule has 1 aromatic carbocycles. The van der Waals surface area contributed by atoms with Crippen LogP contribution in [0, 0.1) is 0 Å². The van der Waals surface area contributed by atoms with Gasteiger partial charge in [0.05, 0.1) is 0 Å². The van der Waals surface area contributed by atoms with Crippen LogP contribution in [-0.2, 0) is 11.3 Å². The molecular formula is C16H24ClN3O. The van der Waals surface area contributed by atoms with Crippen LogP contribution in [0.15, 0.2) is 18.2 Å². The van der Waals surface area contributed by atoms with E-state index in [0.29, 0.717) is 0 Å². The Balaban J connectivity index is 2.06. The number of rotatable bonds is 6. The van der Waals surface area contributed by atoms with E-state index in [4.69, 9.17) is 11.6 Å². The second kappa shape index (κ2) is 7.66. The average Bonchev–Trinajstić information content (AvgIpc) is 2.86. The predicted molar refractivity (Wildman–Crippen MR) is 87.9 cm³/mol. The van der Waals surface area contributed by atoms with Crippen LogP contribution in [0.5, 0.6) is 0 Å². The SMILES string of the molecule is CCCNCc1cc(Cl)ccc1N1CCC(NC(C)=O)C1. The van der Waals surface area contributed by atoms with Gasteiger partial charge in [-0.15, -0.1) is 0 Å². The van der Waals surface area contributed by atoms with Gasteiger partial charge in [-0.05, 0) is 43.1 Å². The molecule has 4 nitrogen and oxygen atoms in total. The molecule has 0 aromatic heterocycles. The highest BCUT2D eigenvalue weighted by Gasteiger charge is 2.24. The maximum atomic E-state index is 11.2. The number of hydrogen-bond acceptors (Lipinski definition) is 3. The van der Waals surface area contributed by atoms with Crippen LogP contribution < -0.4 is 15.5 Å². The number of nitrogens with zero attached hydrogens (tertiary/aromatic N) is 1. The van der Waals surface area contributed by atoms with Crippen molar-refractivity contribution in [3.8, 4) is 0 Å². The van der Waals surface area contributed by atoms with Gasteiger partial charge < -0.3 is 15.5 Å². The van der Waals surface area contributed by atoms with Crippen LogP contribution in [0.3, 0.4) is 0 Å². The van der Waals surface area contributed by atoms with E-state index in [1.807, 2.05) is 12.1 Å².